The van der Waals surface area contributed by atoms with Crippen molar-refractivity contribution >= 4 is 29.0 Å². The van der Waals surface area contributed by atoms with Gasteiger partial charge in [-0.3, -0.25) is 0 Å². The molecule has 1 fully saturated rings. The molecule has 0 aliphatic carbocycles. The molecule has 1 aliphatic heterocycles. The second kappa shape index (κ2) is 5.12. The summed E-state index contributed by atoms with van der Waals surface area (Å²) in [6, 6.07) is 0.263. The van der Waals surface area contributed by atoms with Crippen LogP contribution in [0, 0.1) is 0 Å². The van der Waals surface area contributed by atoms with Gasteiger partial charge in [0.05, 0.1) is 19.3 Å². The summed E-state index contributed by atoms with van der Waals surface area (Å²) in [4.78, 5) is 6.20. The number of rotatable bonds is 2. The van der Waals surface area contributed by atoms with Crippen LogP contribution in [0.4, 0.5) is 5.82 Å². The minimum absolute atomic E-state index is 0.112. The quantitative estimate of drug-likeness (QED) is 0.814. The lowest BCUT2D eigenvalue weighted by atomic mass is 10.2. The van der Waals surface area contributed by atoms with Gasteiger partial charge in [0.15, 0.2) is 11.0 Å². The molecule has 5 nitrogen and oxygen atoms in total. The van der Waals surface area contributed by atoms with Gasteiger partial charge in [-0.15, -0.1) is 10.2 Å². The third-order valence-electron chi connectivity index (χ3n) is 2.57. The zero-order valence-corrected chi connectivity index (χ0v) is 10.4. The van der Waals surface area contributed by atoms with E-state index in [1.807, 2.05) is 0 Å². The summed E-state index contributed by atoms with van der Waals surface area (Å²) in [5.41, 5.74) is 0. The Morgan fingerprint density at radius 1 is 1.44 bits per heavy atom. The molecule has 0 amide bonds. The zero-order chi connectivity index (χ0) is 11.5. The molecular weight excluding hydrogens is 251 g/mol. The number of hydrogen-bond donors (Lipinski definition) is 0. The molecule has 0 saturated carbocycles. The average molecular weight is 263 g/mol. The van der Waals surface area contributed by atoms with Gasteiger partial charge in [-0.25, -0.2) is 0 Å². The molecule has 1 saturated heterocycles. The zero-order valence-electron chi connectivity index (χ0n) is 8.86. The first-order chi connectivity index (χ1) is 7.72. The van der Waals surface area contributed by atoms with Gasteiger partial charge < -0.3 is 9.64 Å². The van der Waals surface area contributed by atoms with Crippen molar-refractivity contribution in [3.8, 4) is 0 Å². The van der Waals surface area contributed by atoms with Gasteiger partial charge >= 0.3 is 0 Å². The van der Waals surface area contributed by atoms with E-state index in [9.17, 15) is 0 Å². The van der Waals surface area contributed by atoms with Crippen LogP contribution in [-0.4, -0.2) is 41.0 Å². The highest BCUT2D eigenvalue weighted by atomic mass is 35.5. The number of morpholine rings is 1. The second-order valence-corrected chi connectivity index (χ2v) is 4.22. The van der Waals surface area contributed by atoms with Crippen molar-refractivity contribution in [3.05, 3.63) is 10.4 Å². The Balaban J connectivity index is 2.30. The van der Waals surface area contributed by atoms with E-state index in [1.54, 1.807) is 0 Å². The fourth-order valence-corrected chi connectivity index (χ4v) is 2.05. The van der Waals surface area contributed by atoms with Crippen LogP contribution in [0.5, 0.6) is 0 Å². The highest BCUT2D eigenvalue weighted by Gasteiger charge is 2.25. The molecule has 2 rings (SSSR count). The van der Waals surface area contributed by atoms with Gasteiger partial charge in [0.1, 0.15) is 0 Å². The first-order valence-corrected chi connectivity index (χ1v) is 5.88. The smallest absolute Gasteiger partial charge is 0.245 e. The van der Waals surface area contributed by atoms with Gasteiger partial charge in [-0.1, -0.05) is 18.5 Å². The predicted molar refractivity (Wildman–Crippen MR) is 62.1 cm³/mol. The molecule has 0 spiro atoms. The number of ether oxygens (including phenoxy) is 1. The molecule has 1 atom stereocenters. The van der Waals surface area contributed by atoms with Crippen LogP contribution in [0.15, 0.2) is 0 Å². The number of hydrogen-bond acceptors (Lipinski definition) is 5. The highest BCUT2D eigenvalue weighted by molar-refractivity contribution is 6.32. The fraction of sp³-hybridized carbons (Fsp3) is 0.667. The molecule has 0 bridgehead atoms. The molecule has 0 N–H and O–H groups in total. The second-order valence-electron chi connectivity index (χ2n) is 3.53. The van der Waals surface area contributed by atoms with Crippen molar-refractivity contribution in [2.45, 2.75) is 19.4 Å². The Hall–Kier alpha value is -0.650. The Kier molecular flexibility index (Phi) is 3.78. The normalized spacial score (nSPS) is 21.2. The molecule has 1 aromatic rings. The Morgan fingerprint density at radius 3 is 3.00 bits per heavy atom. The fourth-order valence-electron chi connectivity index (χ4n) is 1.74. The monoisotopic (exact) mass is 262 g/mol. The Morgan fingerprint density at radius 2 is 2.25 bits per heavy atom. The first kappa shape index (κ1) is 11.8. The van der Waals surface area contributed by atoms with Crippen LogP contribution in [-0.2, 0) is 4.74 Å². The summed E-state index contributed by atoms with van der Waals surface area (Å²) in [6.45, 7) is 4.17. The highest BCUT2D eigenvalue weighted by Crippen LogP contribution is 2.25. The predicted octanol–water partition coefficient (Wildman–Crippen LogP) is 1.79. The molecule has 2 heterocycles. The number of anilines is 1. The van der Waals surface area contributed by atoms with E-state index >= 15 is 0 Å². The van der Waals surface area contributed by atoms with Crippen LogP contribution in [0.1, 0.15) is 13.3 Å². The van der Waals surface area contributed by atoms with Crippen molar-refractivity contribution in [1.82, 2.24) is 15.2 Å². The molecule has 0 radical (unpaired) electrons. The maximum atomic E-state index is 5.97. The largest absolute Gasteiger partial charge is 0.377 e. The van der Waals surface area contributed by atoms with Gasteiger partial charge in [0, 0.05) is 6.54 Å². The Bertz CT molecular complexity index is 377. The lowest BCUT2D eigenvalue weighted by molar-refractivity contribution is 0.0925. The summed E-state index contributed by atoms with van der Waals surface area (Å²) < 4.78 is 5.41. The third kappa shape index (κ3) is 2.36. The van der Waals surface area contributed by atoms with E-state index in [2.05, 4.69) is 27.0 Å². The van der Waals surface area contributed by atoms with Crippen LogP contribution in [0.3, 0.4) is 0 Å². The molecule has 1 aromatic heterocycles. The molecule has 7 heteroatoms. The van der Waals surface area contributed by atoms with Crippen LogP contribution < -0.4 is 4.90 Å². The maximum Gasteiger partial charge on any atom is 0.245 e. The molecule has 16 heavy (non-hydrogen) atoms. The average Bonchev–Trinajstić information content (AvgIpc) is 2.32. The summed E-state index contributed by atoms with van der Waals surface area (Å²) in [5, 5.41) is 7.75. The third-order valence-corrected chi connectivity index (χ3v) is 2.98. The van der Waals surface area contributed by atoms with E-state index in [1.165, 1.54) is 0 Å². The van der Waals surface area contributed by atoms with Crippen molar-refractivity contribution < 1.29 is 4.74 Å². The first-order valence-electron chi connectivity index (χ1n) is 5.12. The summed E-state index contributed by atoms with van der Waals surface area (Å²) in [6.07, 6.45) is 0.956. The van der Waals surface area contributed by atoms with Gasteiger partial charge in [0.2, 0.25) is 5.28 Å². The van der Waals surface area contributed by atoms with Gasteiger partial charge in [0.25, 0.3) is 0 Å². The van der Waals surface area contributed by atoms with Crippen LogP contribution >= 0.6 is 23.2 Å². The summed E-state index contributed by atoms with van der Waals surface area (Å²) in [7, 11) is 0. The molecule has 1 aliphatic rings. The van der Waals surface area contributed by atoms with E-state index in [4.69, 9.17) is 27.9 Å². The number of aromatic nitrogens is 3. The Labute approximate surface area is 104 Å². The van der Waals surface area contributed by atoms with E-state index in [0.29, 0.717) is 19.0 Å². The van der Waals surface area contributed by atoms with Crippen molar-refractivity contribution in [2.75, 3.05) is 24.7 Å². The summed E-state index contributed by atoms with van der Waals surface area (Å²) >= 11 is 11.7. The van der Waals surface area contributed by atoms with Crippen molar-refractivity contribution in [3.63, 3.8) is 0 Å². The number of nitrogens with zero attached hydrogens (tertiary/aromatic N) is 4. The molecule has 1 unspecified atom stereocenters. The standard InChI is InChI=1S/C9H12Cl2N4O/c1-2-6-5-16-4-3-15(6)8-7(10)13-14-9(11)12-8/h6H,2-5H2,1H3. The minimum Gasteiger partial charge on any atom is -0.377 e. The molecule has 88 valence electrons. The van der Waals surface area contributed by atoms with Crippen LogP contribution in [0.2, 0.25) is 10.4 Å². The van der Waals surface area contributed by atoms with E-state index < -0.39 is 0 Å². The maximum absolute atomic E-state index is 5.97. The van der Waals surface area contributed by atoms with Gasteiger partial charge in [-0.05, 0) is 18.0 Å². The topological polar surface area (TPSA) is 51.1 Å². The van der Waals surface area contributed by atoms with Crippen molar-refractivity contribution in [1.29, 1.82) is 0 Å². The van der Waals surface area contributed by atoms with Crippen molar-refractivity contribution in [2.24, 2.45) is 0 Å². The summed E-state index contributed by atoms with van der Waals surface area (Å²) in [5.74, 6) is 0.594. The minimum atomic E-state index is 0.112. The van der Waals surface area contributed by atoms with Gasteiger partial charge in [-0.2, -0.15) is 4.98 Å². The SMILES string of the molecule is CCC1COCCN1c1nc(Cl)nnc1Cl. The molecular formula is C9H12Cl2N4O. The lowest BCUT2D eigenvalue weighted by Gasteiger charge is -2.35. The number of halogens is 2. The van der Waals surface area contributed by atoms with E-state index in [0.717, 1.165) is 13.0 Å². The lowest BCUT2D eigenvalue weighted by Crippen LogP contribution is -2.45. The molecule has 0 aromatic carbocycles. The van der Waals surface area contributed by atoms with E-state index in [-0.39, 0.29) is 16.5 Å². The van der Waals surface area contributed by atoms with Crippen LogP contribution in [0.25, 0.3) is 0 Å².